The van der Waals surface area contributed by atoms with Crippen LogP contribution < -0.4 is 9.47 Å². The van der Waals surface area contributed by atoms with E-state index in [1.165, 1.54) is 19.1 Å². The number of carboxylic acids is 1. The van der Waals surface area contributed by atoms with Gasteiger partial charge in [-0.3, -0.25) is 13.9 Å². The van der Waals surface area contributed by atoms with Crippen molar-refractivity contribution in [1.29, 1.82) is 0 Å². The van der Waals surface area contributed by atoms with E-state index < -0.39 is 59.8 Å². The lowest BCUT2D eigenvalue weighted by Gasteiger charge is -2.22. The van der Waals surface area contributed by atoms with Crippen molar-refractivity contribution in [2.45, 2.75) is 97.7 Å². The van der Waals surface area contributed by atoms with Crippen molar-refractivity contribution in [1.82, 2.24) is 0 Å². The van der Waals surface area contributed by atoms with Crippen molar-refractivity contribution in [3.63, 3.8) is 0 Å². The number of fused-ring (bicyclic) bond motifs is 1. The van der Waals surface area contributed by atoms with E-state index >= 15 is 0 Å². The van der Waals surface area contributed by atoms with E-state index in [0.717, 1.165) is 28.8 Å². The Hall–Kier alpha value is -2.71. The highest BCUT2D eigenvalue weighted by Crippen LogP contribution is 2.44. The largest absolute Gasteiger partial charge is 0.496 e. The molecule has 0 radical (unpaired) electrons. The van der Waals surface area contributed by atoms with Crippen LogP contribution in [0.2, 0.25) is 51.4 Å². The standard InChI is InChI=1S/C33H53O11PSi2/c1-22(20-25(32(36)42-16-19-47(8,9)10)12-11-17-45(38,39)44-24(3)31(34)35)13-14-26-29(40-4)23(2)27-21-43-33(37)28(27)30(26)41-15-18-46(5,6)7/h11-13,24-25H,14-21H2,1-10H3,(H,34,35)(H,38,39)/b12-11+,22-13+/t24-,25?/m0/s1. The minimum absolute atomic E-state index is 0.157. The highest BCUT2D eigenvalue weighted by molar-refractivity contribution is 7.53. The molecule has 1 aromatic rings. The highest BCUT2D eigenvalue weighted by Gasteiger charge is 2.33. The average molecular weight is 713 g/mol. The van der Waals surface area contributed by atoms with E-state index in [0.29, 0.717) is 35.7 Å². The second kappa shape index (κ2) is 17.1. The monoisotopic (exact) mass is 712 g/mol. The molecule has 3 atom stereocenters. The van der Waals surface area contributed by atoms with Gasteiger partial charge in [0.1, 0.15) is 23.7 Å². The van der Waals surface area contributed by atoms with Gasteiger partial charge in [0.2, 0.25) is 0 Å². The maximum Gasteiger partial charge on any atom is 0.342 e. The maximum atomic E-state index is 13.2. The van der Waals surface area contributed by atoms with Gasteiger partial charge in [-0.1, -0.05) is 63.1 Å². The topological polar surface area (TPSA) is 155 Å². The predicted octanol–water partition coefficient (Wildman–Crippen LogP) is 7.00. The third-order valence-corrected chi connectivity index (χ3v) is 12.4. The summed E-state index contributed by atoms with van der Waals surface area (Å²) in [5, 5.41) is 9.03. The van der Waals surface area contributed by atoms with E-state index in [2.05, 4.69) is 39.3 Å². The molecule has 47 heavy (non-hydrogen) atoms. The molecule has 0 bridgehead atoms. The first-order valence-corrected chi connectivity index (χ1v) is 25.1. The van der Waals surface area contributed by atoms with E-state index in [1.54, 1.807) is 7.11 Å². The lowest BCUT2D eigenvalue weighted by atomic mass is 9.93. The number of carbonyl (C=O) groups is 3. The Morgan fingerprint density at radius 3 is 2.26 bits per heavy atom. The van der Waals surface area contributed by atoms with Crippen molar-refractivity contribution >= 4 is 41.7 Å². The minimum atomic E-state index is -4.26. The smallest absolute Gasteiger partial charge is 0.342 e. The van der Waals surface area contributed by atoms with Crippen LogP contribution in [0.25, 0.3) is 0 Å². The van der Waals surface area contributed by atoms with Gasteiger partial charge in [-0.2, -0.15) is 0 Å². The zero-order chi connectivity index (χ0) is 35.7. The molecule has 1 aromatic carbocycles. The van der Waals surface area contributed by atoms with Gasteiger partial charge in [-0.05, 0) is 51.3 Å². The van der Waals surface area contributed by atoms with Gasteiger partial charge >= 0.3 is 25.5 Å². The van der Waals surface area contributed by atoms with Crippen LogP contribution in [0.1, 0.15) is 47.3 Å². The second-order valence-corrected chi connectivity index (χ2v) is 27.5. The first kappa shape index (κ1) is 40.5. The molecule has 264 valence electrons. The molecule has 0 saturated heterocycles. The Balaban J connectivity index is 2.39. The van der Waals surface area contributed by atoms with Gasteiger partial charge in [-0.15, -0.1) is 0 Å². The fourth-order valence-electron chi connectivity index (χ4n) is 4.82. The fourth-order valence-corrected chi connectivity index (χ4v) is 7.31. The minimum Gasteiger partial charge on any atom is -0.496 e. The molecule has 0 aliphatic carbocycles. The zero-order valence-corrected chi connectivity index (χ0v) is 32.5. The van der Waals surface area contributed by atoms with Crippen LogP contribution in [0.15, 0.2) is 23.8 Å². The van der Waals surface area contributed by atoms with Gasteiger partial charge in [-0.25, -0.2) is 9.59 Å². The van der Waals surface area contributed by atoms with Crippen LogP contribution in [0.3, 0.4) is 0 Å². The molecule has 0 saturated carbocycles. The number of benzene rings is 1. The predicted molar refractivity (Wildman–Crippen MR) is 187 cm³/mol. The summed E-state index contributed by atoms with van der Waals surface area (Å²) in [6.07, 6.45) is 3.49. The number of aliphatic carboxylic acids is 1. The van der Waals surface area contributed by atoms with Crippen molar-refractivity contribution in [2.24, 2.45) is 5.92 Å². The van der Waals surface area contributed by atoms with Crippen molar-refractivity contribution in [3.8, 4) is 11.5 Å². The number of cyclic esters (lactones) is 1. The summed E-state index contributed by atoms with van der Waals surface area (Å²) in [6, 6.07) is 1.69. The molecular weight excluding hydrogens is 659 g/mol. The molecule has 0 spiro atoms. The average Bonchev–Trinajstić information content (AvgIpc) is 3.32. The zero-order valence-electron chi connectivity index (χ0n) is 29.6. The summed E-state index contributed by atoms with van der Waals surface area (Å²) in [6.45, 7) is 19.1. The van der Waals surface area contributed by atoms with Crippen LogP contribution in [-0.4, -0.2) is 76.6 Å². The van der Waals surface area contributed by atoms with Crippen LogP contribution in [-0.2, 0) is 41.2 Å². The van der Waals surface area contributed by atoms with Gasteiger partial charge in [0.25, 0.3) is 0 Å². The van der Waals surface area contributed by atoms with Gasteiger partial charge in [0.05, 0.1) is 32.4 Å². The molecule has 0 amide bonds. The summed E-state index contributed by atoms with van der Waals surface area (Å²) in [5.74, 6) is -1.94. The fraction of sp³-hybridized carbons (Fsp3) is 0.606. The summed E-state index contributed by atoms with van der Waals surface area (Å²) in [7, 11) is -5.57. The molecule has 1 aliphatic heterocycles. The number of hydrogen-bond donors (Lipinski definition) is 2. The Labute approximate surface area is 281 Å². The third-order valence-electron chi connectivity index (χ3n) is 7.70. The number of carbonyl (C=O) groups excluding carboxylic acids is 2. The lowest BCUT2D eigenvalue weighted by molar-refractivity contribution is -0.146. The number of rotatable bonds is 19. The first-order valence-electron chi connectivity index (χ1n) is 15.9. The molecule has 1 aliphatic rings. The van der Waals surface area contributed by atoms with Crippen molar-refractivity contribution in [2.75, 3.05) is 26.5 Å². The Morgan fingerprint density at radius 2 is 1.68 bits per heavy atom. The maximum absolute atomic E-state index is 13.2. The summed E-state index contributed by atoms with van der Waals surface area (Å²) in [4.78, 5) is 47.3. The number of carboxylic acid groups (broad SMARTS) is 1. The molecule has 1 heterocycles. The van der Waals surface area contributed by atoms with Gasteiger partial charge < -0.3 is 28.9 Å². The summed E-state index contributed by atoms with van der Waals surface area (Å²) >= 11 is 0. The number of hydrogen-bond acceptors (Lipinski definition) is 9. The first-order chi connectivity index (χ1) is 21.7. The van der Waals surface area contributed by atoms with Crippen LogP contribution >= 0.6 is 7.60 Å². The normalized spacial score (nSPS) is 16.3. The second-order valence-electron chi connectivity index (χ2n) is 14.4. The summed E-state index contributed by atoms with van der Waals surface area (Å²) < 4.78 is 40.4. The molecule has 2 N–H and O–H groups in total. The number of allylic oxidation sites excluding steroid dienone is 3. The Kier molecular flexibility index (Phi) is 14.7. The molecule has 2 rings (SSSR count). The SMILES string of the molecule is COc1c(C)c2c(c(OCC[Si](C)(C)C)c1C/C=C(\C)CC(/C=C/CP(=O)(O)O[C@@H](C)C(=O)O)C(=O)OCC[Si](C)(C)C)C(=O)OC2. The molecule has 0 aromatic heterocycles. The Morgan fingerprint density at radius 1 is 1.06 bits per heavy atom. The van der Waals surface area contributed by atoms with Crippen LogP contribution in [0.4, 0.5) is 0 Å². The van der Waals surface area contributed by atoms with E-state index in [-0.39, 0.29) is 19.6 Å². The number of ether oxygens (including phenoxy) is 4. The van der Waals surface area contributed by atoms with Gasteiger partial charge in [0.15, 0.2) is 6.10 Å². The van der Waals surface area contributed by atoms with Crippen LogP contribution in [0, 0.1) is 12.8 Å². The van der Waals surface area contributed by atoms with Gasteiger partial charge in [0, 0.05) is 27.3 Å². The highest BCUT2D eigenvalue weighted by atomic mass is 31.2. The molecule has 14 heteroatoms. The van der Waals surface area contributed by atoms with Crippen LogP contribution in [0.5, 0.6) is 11.5 Å². The number of esters is 2. The third kappa shape index (κ3) is 13.0. The van der Waals surface area contributed by atoms with E-state index in [4.69, 9.17) is 28.6 Å². The van der Waals surface area contributed by atoms with Crippen molar-refractivity contribution < 1.29 is 52.4 Å². The lowest BCUT2D eigenvalue weighted by Crippen LogP contribution is -2.24. The molecule has 0 fully saturated rings. The van der Waals surface area contributed by atoms with Crippen molar-refractivity contribution in [3.05, 3.63) is 46.1 Å². The number of methoxy groups -OCH3 is 1. The quantitative estimate of drug-likeness (QED) is 0.0659. The molecule has 2 unspecified atom stereocenters. The van der Waals surface area contributed by atoms with E-state index in [9.17, 15) is 23.8 Å². The molecule has 11 nitrogen and oxygen atoms in total. The summed E-state index contributed by atoms with van der Waals surface area (Å²) in [5.41, 5.74) is 3.55. The molecular formula is C33H53O11PSi2. The Bertz CT molecular complexity index is 1410. The van der Waals surface area contributed by atoms with E-state index in [1.807, 2.05) is 19.9 Å².